The molecule has 2 aliphatic rings. The van der Waals surface area contributed by atoms with Gasteiger partial charge < -0.3 is 50.6 Å². The third-order valence-corrected chi connectivity index (χ3v) is 14.1. The molecule has 0 spiro atoms. The summed E-state index contributed by atoms with van der Waals surface area (Å²) in [5.74, 6) is -3.48. The SMILES string of the molecule is Cc1ncsc1-c1ccc(CNC(=O)[C@H]2C[C@@H](O)CN2C(=O)[C@@H](NC(=O)CCCNC(=O)CCCn2cnc(-c3cnc(O[C@@H]4CCN(C(=O)Cc5ccc(OC(F)(F)F)cc5)C[C@H]4F)c(C(N)=O)c3)c2)C(C)(C)C)cc1. The van der Waals surface area contributed by atoms with Gasteiger partial charge in [-0.25, -0.2) is 19.3 Å². The van der Waals surface area contributed by atoms with Crippen LogP contribution in [0.2, 0.25) is 0 Å². The van der Waals surface area contributed by atoms with E-state index < -0.39 is 77.5 Å². The lowest BCUT2D eigenvalue weighted by Gasteiger charge is -2.35. The molecule has 2 saturated heterocycles. The Morgan fingerprint density at radius 1 is 0.909 bits per heavy atom. The van der Waals surface area contributed by atoms with Gasteiger partial charge in [-0.05, 0) is 60.1 Å². The Morgan fingerprint density at radius 2 is 1.62 bits per heavy atom. The molecule has 412 valence electrons. The molecule has 0 bridgehead atoms. The number of amides is 6. The van der Waals surface area contributed by atoms with Gasteiger partial charge in [0.2, 0.25) is 35.4 Å². The van der Waals surface area contributed by atoms with Crippen LogP contribution in [0.5, 0.6) is 11.6 Å². The molecule has 5 aromatic rings. The van der Waals surface area contributed by atoms with Crippen molar-refractivity contribution in [3.8, 4) is 33.3 Å². The minimum Gasteiger partial charge on any atom is -0.471 e. The fraction of sp³-hybridized carbons (Fsp3) is 0.453. The maximum Gasteiger partial charge on any atom is 0.573 e. The molecule has 2 aliphatic heterocycles. The molecule has 0 aliphatic carbocycles. The van der Waals surface area contributed by atoms with E-state index in [0.717, 1.165) is 33.8 Å². The summed E-state index contributed by atoms with van der Waals surface area (Å²) < 4.78 is 64.3. The van der Waals surface area contributed by atoms with Crippen molar-refractivity contribution in [1.82, 2.24) is 45.3 Å². The summed E-state index contributed by atoms with van der Waals surface area (Å²) in [6.07, 6.45) is -3.02. The van der Waals surface area contributed by atoms with Crippen molar-refractivity contribution in [3.05, 3.63) is 101 Å². The molecule has 2 fully saturated rings. The predicted molar refractivity (Wildman–Crippen MR) is 274 cm³/mol. The minimum atomic E-state index is -4.86. The minimum absolute atomic E-state index is 0.0153. The summed E-state index contributed by atoms with van der Waals surface area (Å²) in [5, 5.41) is 19.1. The van der Waals surface area contributed by atoms with Gasteiger partial charge >= 0.3 is 6.36 Å². The second kappa shape index (κ2) is 25.1. The van der Waals surface area contributed by atoms with Crippen LogP contribution in [-0.2, 0) is 43.5 Å². The maximum absolute atomic E-state index is 15.4. The number of carbonyl (C=O) groups is 6. The van der Waals surface area contributed by atoms with Gasteiger partial charge in [0.25, 0.3) is 5.91 Å². The number of carbonyl (C=O) groups excluding carboxylic acids is 6. The van der Waals surface area contributed by atoms with Gasteiger partial charge in [0.15, 0.2) is 6.17 Å². The number of likely N-dealkylation sites (tertiary alicyclic amines) is 2. The van der Waals surface area contributed by atoms with Crippen molar-refractivity contribution in [3.63, 3.8) is 0 Å². The van der Waals surface area contributed by atoms with Crippen LogP contribution in [0.15, 0.2) is 78.8 Å². The van der Waals surface area contributed by atoms with E-state index in [9.17, 15) is 47.0 Å². The number of halogens is 4. The van der Waals surface area contributed by atoms with Gasteiger partial charge in [-0.3, -0.25) is 28.8 Å². The Kier molecular flexibility index (Phi) is 18.7. The van der Waals surface area contributed by atoms with Gasteiger partial charge in [-0.15, -0.1) is 24.5 Å². The highest BCUT2D eigenvalue weighted by molar-refractivity contribution is 7.13. The molecular weight excluding hydrogens is 1030 g/mol. The number of alkyl halides is 4. The zero-order valence-electron chi connectivity index (χ0n) is 43.0. The van der Waals surface area contributed by atoms with Crippen LogP contribution < -0.4 is 31.2 Å². The average Bonchev–Trinajstić information content (AvgIpc) is 4.14. The number of β-amino-alcohol motifs (C(OH)–C–C–N with tert-alkyl or cyclic N) is 1. The summed E-state index contributed by atoms with van der Waals surface area (Å²) >= 11 is 1.55. The number of piperidine rings is 1. The first-order valence-corrected chi connectivity index (χ1v) is 26.0. The number of nitrogens with zero attached hydrogens (tertiary/aromatic N) is 6. The highest BCUT2D eigenvalue weighted by Crippen LogP contribution is 2.31. The van der Waals surface area contributed by atoms with Crippen molar-refractivity contribution in [2.75, 3.05) is 26.2 Å². The van der Waals surface area contributed by atoms with Crippen molar-refractivity contribution in [1.29, 1.82) is 0 Å². The number of benzene rings is 2. The first kappa shape index (κ1) is 57.2. The Morgan fingerprint density at radius 3 is 2.29 bits per heavy atom. The van der Waals surface area contributed by atoms with E-state index >= 15 is 4.39 Å². The molecule has 6 N–H and O–H groups in total. The fourth-order valence-electron chi connectivity index (χ4n) is 8.98. The van der Waals surface area contributed by atoms with E-state index in [1.807, 2.05) is 31.2 Å². The van der Waals surface area contributed by atoms with E-state index in [0.29, 0.717) is 36.2 Å². The number of aliphatic hydroxyl groups excluding tert-OH is 1. The number of aromatic nitrogens is 4. The van der Waals surface area contributed by atoms with Gasteiger partial charge in [0.1, 0.15) is 29.5 Å². The Labute approximate surface area is 445 Å². The lowest BCUT2D eigenvalue weighted by atomic mass is 9.85. The normalized spacial score (nSPS) is 18.1. The molecule has 2 aromatic carbocycles. The van der Waals surface area contributed by atoms with E-state index in [4.69, 9.17) is 10.5 Å². The quantitative estimate of drug-likeness (QED) is 0.0456. The topological polar surface area (TPSA) is 253 Å². The van der Waals surface area contributed by atoms with Gasteiger partial charge in [-0.2, -0.15) is 0 Å². The molecule has 24 heteroatoms. The molecule has 3 aromatic heterocycles. The molecule has 77 heavy (non-hydrogen) atoms. The van der Waals surface area contributed by atoms with Crippen molar-refractivity contribution in [2.45, 2.75) is 123 Å². The summed E-state index contributed by atoms with van der Waals surface area (Å²) in [5.41, 5.74) is 10.7. The fourth-order valence-corrected chi connectivity index (χ4v) is 9.79. The summed E-state index contributed by atoms with van der Waals surface area (Å²) in [6, 6.07) is 12.1. The number of hydrogen-bond donors (Lipinski definition) is 5. The second-order valence-electron chi connectivity index (χ2n) is 20.1. The van der Waals surface area contributed by atoms with Crippen molar-refractivity contribution < 1.29 is 60.9 Å². The third-order valence-electron chi connectivity index (χ3n) is 13.1. The molecule has 7 rings (SSSR count). The summed E-state index contributed by atoms with van der Waals surface area (Å²) in [6.45, 7) is 7.91. The number of hydrogen-bond acceptors (Lipinski definition) is 13. The maximum atomic E-state index is 15.4. The molecule has 5 atom stereocenters. The van der Waals surface area contributed by atoms with Crippen molar-refractivity contribution in [2.24, 2.45) is 11.1 Å². The molecule has 19 nitrogen and oxygen atoms in total. The summed E-state index contributed by atoms with van der Waals surface area (Å²) in [4.78, 5) is 95.5. The van der Waals surface area contributed by atoms with Gasteiger partial charge in [-0.1, -0.05) is 57.2 Å². The Balaban J connectivity index is 0.813. The number of primary amides is 1. The number of nitrogens with one attached hydrogen (secondary N) is 3. The molecule has 0 unspecified atom stereocenters. The number of aliphatic hydroxyl groups is 1. The first-order chi connectivity index (χ1) is 36.5. The Hall–Kier alpha value is -7.47. The largest absolute Gasteiger partial charge is 0.573 e. The number of rotatable bonds is 21. The summed E-state index contributed by atoms with van der Waals surface area (Å²) in [7, 11) is 0. The molecular formula is C53H62F4N10O9S. The number of pyridine rings is 1. The van der Waals surface area contributed by atoms with E-state index in [-0.39, 0.29) is 82.2 Å². The number of nitrogens with two attached hydrogens (primary N) is 1. The van der Waals surface area contributed by atoms with Crippen LogP contribution in [0.25, 0.3) is 21.7 Å². The molecule has 5 heterocycles. The lowest BCUT2D eigenvalue weighted by molar-refractivity contribution is -0.274. The standard InChI is InChI=1S/C53H62F4N10O9S/c1-31-46(77-30-63-31)34-13-9-33(10-14-34)24-60-49(73)41-23-36(68)26-67(41)51(74)47(52(2,3)4)64-44(70)7-5-18-59-43(69)8-6-19-65-28-40(62-29-65)35-22-38(48(58)72)50(61-25-35)75-42-17-20-66(27-39(42)54)45(71)21-32-11-15-37(16-12-32)76-53(55,56)57/h9-16,22,25,28-30,36,39,41-42,47,68H,5-8,17-21,23-24,26-27H2,1-4H3,(H2,58,72)(H,59,69)(H,60,73)(H,64,70)/t36-,39-,41-,42-,47-/m1/s1. The van der Waals surface area contributed by atoms with Crippen LogP contribution in [0.3, 0.4) is 0 Å². The number of aryl methyl sites for hydroxylation is 2. The predicted octanol–water partition coefficient (Wildman–Crippen LogP) is 5.42. The van der Waals surface area contributed by atoms with E-state index in [1.165, 1.54) is 34.2 Å². The van der Waals surface area contributed by atoms with Gasteiger partial charge in [0.05, 0.1) is 47.2 Å². The van der Waals surface area contributed by atoms with Crippen LogP contribution in [0.1, 0.15) is 86.5 Å². The van der Waals surface area contributed by atoms with Gasteiger partial charge in [0, 0.05) is 76.4 Å². The monoisotopic (exact) mass is 1090 g/mol. The molecule has 6 amide bonds. The van der Waals surface area contributed by atoms with Crippen LogP contribution in [0.4, 0.5) is 17.6 Å². The number of ether oxygens (including phenoxy) is 2. The zero-order valence-corrected chi connectivity index (χ0v) is 43.8. The lowest BCUT2D eigenvalue weighted by Crippen LogP contribution is -2.57. The van der Waals surface area contributed by atoms with Crippen molar-refractivity contribution >= 4 is 46.8 Å². The zero-order chi connectivity index (χ0) is 55.6. The number of thiazole rings is 1. The first-order valence-electron chi connectivity index (χ1n) is 25.1. The third kappa shape index (κ3) is 15.8. The molecule has 0 radical (unpaired) electrons. The van der Waals surface area contributed by atoms with E-state index in [2.05, 4.69) is 35.6 Å². The molecule has 0 saturated carbocycles. The average molecular weight is 1090 g/mol. The van der Waals surface area contributed by atoms with Crippen LogP contribution >= 0.6 is 11.3 Å². The smallest absolute Gasteiger partial charge is 0.471 e. The van der Waals surface area contributed by atoms with Crippen LogP contribution in [-0.4, -0.2) is 133 Å². The van der Waals surface area contributed by atoms with Crippen LogP contribution in [0, 0.1) is 12.3 Å². The second-order valence-corrected chi connectivity index (χ2v) is 21.0. The Bertz CT molecular complexity index is 2890. The highest BCUT2D eigenvalue weighted by atomic mass is 32.1. The highest BCUT2D eigenvalue weighted by Gasteiger charge is 2.44. The number of imidazole rings is 1. The van der Waals surface area contributed by atoms with E-state index in [1.54, 1.807) is 54.7 Å².